The van der Waals surface area contributed by atoms with Crippen LogP contribution in [-0.2, 0) is 4.79 Å². The van der Waals surface area contributed by atoms with Crippen LogP contribution in [-0.4, -0.2) is 25.0 Å². The summed E-state index contributed by atoms with van der Waals surface area (Å²) in [6.07, 6.45) is 0.995. The number of carbonyl (C=O) groups excluding carboxylic acids is 2. The van der Waals surface area contributed by atoms with Gasteiger partial charge in [-0.3, -0.25) is 9.59 Å². The fourth-order valence-corrected chi connectivity index (χ4v) is 3.12. The van der Waals surface area contributed by atoms with Gasteiger partial charge in [0.2, 0.25) is 5.91 Å². The molecule has 172 valence electrons. The topological polar surface area (TPSA) is 79.5 Å². The number of nitrogens with one attached hydrogen (secondary N) is 3. The van der Waals surface area contributed by atoms with Gasteiger partial charge in [-0.25, -0.2) is 0 Å². The largest absolute Gasteiger partial charge is 0.494 e. The lowest BCUT2D eigenvalue weighted by Crippen LogP contribution is -2.21. The molecule has 33 heavy (non-hydrogen) atoms. The second-order valence-electron chi connectivity index (χ2n) is 8.36. The molecule has 3 rings (SSSR count). The van der Waals surface area contributed by atoms with E-state index >= 15 is 0 Å². The molecule has 0 aliphatic heterocycles. The van der Waals surface area contributed by atoms with Crippen LogP contribution in [0, 0.1) is 12.8 Å². The molecule has 0 saturated carbocycles. The summed E-state index contributed by atoms with van der Waals surface area (Å²) in [4.78, 5) is 24.7. The third kappa shape index (κ3) is 8.00. The van der Waals surface area contributed by atoms with E-state index < -0.39 is 0 Å². The number of hydrogen-bond donors (Lipinski definition) is 3. The number of benzene rings is 3. The fourth-order valence-electron chi connectivity index (χ4n) is 3.12. The van der Waals surface area contributed by atoms with Crippen LogP contribution >= 0.6 is 0 Å². The molecular formula is C27H31N3O3. The van der Waals surface area contributed by atoms with E-state index in [4.69, 9.17) is 4.74 Å². The summed E-state index contributed by atoms with van der Waals surface area (Å²) in [5.74, 6) is 1.03. The third-order valence-electron chi connectivity index (χ3n) is 4.96. The summed E-state index contributed by atoms with van der Waals surface area (Å²) >= 11 is 0. The first-order chi connectivity index (χ1) is 15.9. The van der Waals surface area contributed by atoms with Crippen LogP contribution in [0.5, 0.6) is 5.75 Å². The van der Waals surface area contributed by atoms with Crippen molar-refractivity contribution in [3.8, 4) is 5.75 Å². The molecule has 0 saturated heterocycles. The van der Waals surface area contributed by atoms with Crippen LogP contribution in [0.3, 0.4) is 0 Å². The molecule has 2 amide bonds. The molecule has 0 radical (unpaired) electrons. The van der Waals surface area contributed by atoms with Gasteiger partial charge >= 0.3 is 0 Å². The number of ether oxygens (including phenoxy) is 1. The highest BCUT2D eigenvalue weighted by atomic mass is 16.5. The molecular weight excluding hydrogens is 414 g/mol. The minimum Gasteiger partial charge on any atom is -0.494 e. The minimum atomic E-state index is -0.171. The number of hydrogen-bond acceptors (Lipinski definition) is 4. The lowest BCUT2D eigenvalue weighted by molar-refractivity contribution is -0.114. The SMILES string of the molecule is Cc1cccc(C(=O)Nc2ccc(NC(=O)CNc3cccc(OCCC(C)C)c3)cc2)c1. The van der Waals surface area contributed by atoms with E-state index in [2.05, 4.69) is 29.8 Å². The van der Waals surface area contributed by atoms with Crippen molar-refractivity contribution in [3.05, 3.63) is 83.9 Å². The van der Waals surface area contributed by atoms with Gasteiger partial charge in [-0.05, 0) is 67.8 Å². The Morgan fingerprint density at radius 3 is 2.24 bits per heavy atom. The molecule has 3 N–H and O–H groups in total. The van der Waals surface area contributed by atoms with E-state index in [1.807, 2.05) is 49.4 Å². The molecule has 0 aromatic heterocycles. The number of aryl methyl sites for hydroxylation is 1. The zero-order valence-electron chi connectivity index (χ0n) is 19.4. The number of carbonyl (C=O) groups is 2. The quantitative estimate of drug-likeness (QED) is 0.373. The Balaban J connectivity index is 1.46. The Labute approximate surface area is 195 Å². The van der Waals surface area contributed by atoms with Crippen LogP contribution < -0.4 is 20.7 Å². The molecule has 0 unspecified atom stereocenters. The van der Waals surface area contributed by atoms with E-state index in [0.717, 1.165) is 23.4 Å². The highest BCUT2D eigenvalue weighted by molar-refractivity contribution is 6.04. The summed E-state index contributed by atoms with van der Waals surface area (Å²) < 4.78 is 5.76. The number of amides is 2. The van der Waals surface area contributed by atoms with Crippen molar-refractivity contribution in [1.82, 2.24) is 0 Å². The van der Waals surface area contributed by atoms with Crippen molar-refractivity contribution in [2.24, 2.45) is 5.92 Å². The molecule has 0 aliphatic rings. The molecule has 0 heterocycles. The van der Waals surface area contributed by atoms with Crippen LogP contribution in [0.2, 0.25) is 0 Å². The van der Waals surface area contributed by atoms with Crippen molar-refractivity contribution in [2.45, 2.75) is 27.2 Å². The summed E-state index contributed by atoms with van der Waals surface area (Å²) in [6, 6.07) is 22.0. The molecule has 0 spiro atoms. The maximum Gasteiger partial charge on any atom is 0.255 e. The summed E-state index contributed by atoms with van der Waals surface area (Å²) in [6.45, 7) is 7.07. The van der Waals surface area contributed by atoms with Gasteiger partial charge in [0.05, 0.1) is 13.2 Å². The second-order valence-corrected chi connectivity index (χ2v) is 8.36. The third-order valence-corrected chi connectivity index (χ3v) is 4.96. The fraction of sp³-hybridized carbons (Fsp3) is 0.259. The normalized spacial score (nSPS) is 10.5. The van der Waals surface area contributed by atoms with Gasteiger partial charge in [0.1, 0.15) is 5.75 Å². The van der Waals surface area contributed by atoms with E-state index in [0.29, 0.717) is 29.5 Å². The summed E-state index contributed by atoms with van der Waals surface area (Å²) in [7, 11) is 0. The molecule has 0 fully saturated rings. The van der Waals surface area contributed by atoms with E-state index in [1.165, 1.54) is 0 Å². The monoisotopic (exact) mass is 445 g/mol. The predicted octanol–water partition coefficient (Wildman–Crippen LogP) is 5.72. The van der Waals surface area contributed by atoms with Gasteiger partial charge < -0.3 is 20.7 Å². The zero-order valence-corrected chi connectivity index (χ0v) is 19.4. The Morgan fingerprint density at radius 2 is 1.55 bits per heavy atom. The Bertz CT molecular complexity index is 1080. The molecule has 0 atom stereocenters. The van der Waals surface area contributed by atoms with Gasteiger partial charge in [0.15, 0.2) is 0 Å². The molecule has 3 aromatic rings. The maximum absolute atomic E-state index is 12.4. The maximum atomic E-state index is 12.4. The molecule has 3 aromatic carbocycles. The van der Waals surface area contributed by atoms with Crippen molar-refractivity contribution >= 4 is 28.9 Å². The van der Waals surface area contributed by atoms with Gasteiger partial charge in [0, 0.05) is 28.7 Å². The van der Waals surface area contributed by atoms with Gasteiger partial charge in [-0.1, -0.05) is 37.6 Å². The molecule has 6 heteroatoms. The van der Waals surface area contributed by atoms with Crippen LogP contribution in [0.1, 0.15) is 36.2 Å². The highest BCUT2D eigenvalue weighted by Gasteiger charge is 2.07. The van der Waals surface area contributed by atoms with Crippen LogP contribution in [0.4, 0.5) is 17.1 Å². The van der Waals surface area contributed by atoms with Gasteiger partial charge in [-0.15, -0.1) is 0 Å². The standard InChI is InChI=1S/C27H31N3O3/c1-19(2)14-15-33-25-9-5-8-24(17-25)28-18-26(31)29-22-10-12-23(13-11-22)30-27(32)21-7-4-6-20(3)16-21/h4-13,16-17,19,28H,14-15,18H2,1-3H3,(H,29,31)(H,30,32). The minimum absolute atomic E-state index is 0.126. The first-order valence-electron chi connectivity index (χ1n) is 11.1. The van der Waals surface area contributed by atoms with Crippen LogP contribution in [0.15, 0.2) is 72.8 Å². The van der Waals surface area contributed by atoms with Gasteiger partial charge in [-0.2, -0.15) is 0 Å². The smallest absolute Gasteiger partial charge is 0.255 e. The molecule has 0 aliphatic carbocycles. The number of anilines is 3. The van der Waals surface area contributed by atoms with Crippen molar-refractivity contribution in [3.63, 3.8) is 0 Å². The van der Waals surface area contributed by atoms with Crippen molar-refractivity contribution in [1.29, 1.82) is 0 Å². The zero-order chi connectivity index (χ0) is 23.6. The highest BCUT2D eigenvalue weighted by Crippen LogP contribution is 2.18. The van der Waals surface area contributed by atoms with E-state index in [9.17, 15) is 9.59 Å². The van der Waals surface area contributed by atoms with Crippen LogP contribution in [0.25, 0.3) is 0 Å². The van der Waals surface area contributed by atoms with E-state index in [1.54, 1.807) is 30.3 Å². The lowest BCUT2D eigenvalue weighted by atomic mass is 10.1. The first-order valence-corrected chi connectivity index (χ1v) is 11.1. The Morgan fingerprint density at radius 1 is 0.848 bits per heavy atom. The Hall–Kier alpha value is -3.80. The Kier molecular flexibility index (Phi) is 8.47. The van der Waals surface area contributed by atoms with Crippen molar-refractivity contribution in [2.75, 3.05) is 29.1 Å². The average Bonchev–Trinajstić information content (AvgIpc) is 2.79. The number of rotatable bonds is 10. The predicted molar refractivity (Wildman–Crippen MR) is 134 cm³/mol. The van der Waals surface area contributed by atoms with Gasteiger partial charge in [0.25, 0.3) is 5.91 Å². The lowest BCUT2D eigenvalue weighted by Gasteiger charge is -2.11. The van der Waals surface area contributed by atoms with E-state index in [-0.39, 0.29) is 18.4 Å². The van der Waals surface area contributed by atoms with Crippen molar-refractivity contribution < 1.29 is 14.3 Å². The summed E-state index contributed by atoms with van der Waals surface area (Å²) in [5.41, 5.74) is 3.77. The second kappa shape index (κ2) is 11.7. The molecule has 6 nitrogen and oxygen atoms in total. The molecule has 0 bridgehead atoms. The summed E-state index contributed by atoms with van der Waals surface area (Å²) in [5, 5.41) is 8.83. The average molecular weight is 446 g/mol. The first kappa shape index (κ1) is 23.9.